The van der Waals surface area contributed by atoms with Gasteiger partial charge in [-0.25, -0.2) is 0 Å². The third kappa shape index (κ3) is 6.97. The van der Waals surface area contributed by atoms with Gasteiger partial charge in [-0.3, -0.25) is 9.59 Å². The van der Waals surface area contributed by atoms with Gasteiger partial charge in [0.1, 0.15) is 6.04 Å². The van der Waals surface area contributed by atoms with E-state index in [1.165, 1.54) is 11.8 Å². The molecule has 3 aromatic carbocycles. The highest BCUT2D eigenvalue weighted by Gasteiger charge is 2.29. The predicted molar refractivity (Wildman–Crippen MR) is 130 cm³/mol. The quantitative estimate of drug-likeness (QED) is 0.427. The Morgan fingerprint density at radius 3 is 2.23 bits per heavy atom. The minimum absolute atomic E-state index is 0.0710. The summed E-state index contributed by atoms with van der Waals surface area (Å²) >= 11 is 4.98. The Morgan fingerprint density at radius 1 is 0.935 bits per heavy atom. The Labute approximate surface area is 196 Å². The van der Waals surface area contributed by atoms with Gasteiger partial charge in [-0.15, -0.1) is 11.8 Å². The highest BCUT2D eigenvalue weighted by Crippen LogP contribution is 2.21. The molecule has 160 valence electrons. The van der Waals surface area contributed by atoms with E-state index < -0.39 is 6.04 Å². The van der Waals surface area contributed by atoms with Gasteiger partial charge in [-0.1, -0.05) is 76.6 Å². The molecule has 31 heavy (non-hydrogen) atoms. The van der Waals surface area contributed by atoms with E-state index in [1.54, 1.807) is 11.9 Å². The lowest BCUT2D eigenvalue weighted by atomic mass is 10.0. The van der Waals surface area contributed by atoms with Gasteiger partial charge in [0.05, 0.1) is 5.75 Å². The van der Waals surface area contributed by atoms with Crippen molar-refractivity contribution in [3.05, 3.63) is 101 Å². The SMILES string of the molecule is CNC(=O)[C@@H](Cc1ccccc1)N(Cc1cccc(Br)c1)C(=O)CSc1ccccc1. The van der Waals surface area contributed by atoms with Crippen molar-refractivity contribution in [2.75, 3.05) is 12.8 Å². The zero-order valence-electron chi connectivity index (χ0n) is 17.3. The summed E-state index contributed by atoms with van der Waals surface area (Å²) in [6.07, 6.45) is 0.455. The Morgan fingerprint density at radius 2 is 1.58 bits per heavy atom. The van der Waals surface area contributed by atoms with E-state index >= 15 is 0 Å². The molecule has 0 saturated carbocycles. The third-order valence-electron chi connectivity index (χ3n) is 4.86. The van der Waals surface area contributed by atoms with Crippen molar-refractivity contribution in [3.8, 4) is 0 Å². The fourth-order valence-corrected chi connectivity index (χ4v) is 4.55. The van der Waals surface area contributed by atoms with Gasteiger partial charge in [0.2, 0.25) is 11.8 Å². The van der Waals surface area contributed by atoms with Crippen LogP contribution in [0.2, 0.25) is 0 Å². The lowest BCUT2D eigenvalue weighted by Gasteiger charge is -2.31. The number of rotatable bonds is 9. The molecule has 3 rings (SSSR count). The lowest BCUT2D eigenvalue weighted by Crippen LogP contribution is -2.50. The van der Waals surface area contributed by atoms with Gasteiger partial charge in [0, 0.05) is 29.4 Å². The van der Waals surface area contributed by atoms with Gasteiger partial charge < -0.3 is 10.2 Å². The van der Waals surface area contributed by atoms with Gasteiger partial charge >= 0.3 is 0 Å². The number of likely N-dealkylation sites (N-methyl/N-ethyl adjacent to an activating group) is 1. The number of nitrogens with one attached hydrogen (secondary N) is 1. The molecule has 0 aromatic heterocycles. The second-order valence-electron chi connectivity index (χ2n) is 7.07. The average Bonchev–Trinajstić information content (AvgIpc) is 2.80. The zero-order chi connectivity index (χ0) is 22.1. The Bertz CT molecular complexity index is 999. The van der Waals surface area contributed by atoms with Gasteiger partial charge in [0.25, 0.3) is 0 Å². The summed E-state index contributed by atoms with van der Waals surface area (Å²) < 4.78 is 0.940. The second kappa shape index (κ2) is 11.7. The molecule has 0 saturated heterocycles. The van der Waals surface area contributed by atoms with Crippen LogP contribution in [-0.4, -0.2) is 35.6 Å². The molecule has 0 spiro atoms. The van der Waals surface area contributed by atoms with Crippen molar-refractivity contribution < 1.29 is 9.59 Å². The predicted octanol–water partition coefficient (Wildman–Crippen LogP) is 4.93. The van der Waals surface area contributed by atoms with Crippen LogP contribution in [0.25, 0.3) is 0 Å². The molecule has 0 aliphatic rings. The van der Waals surface area contributed by atoms with E-state index in [-0.39, 0.29) is 17.6 Å². The van der Waals surface area contributed by atoms with Crippen LogP contribution in [0.3, 0.4) is 0 Å². The second-order valence-corrected chi connectivity index (χ2v) is 9.04. The van der Waals surface area contributed by atoms with Crippen LogP contribution in [-0.2, 0) is 22.6 Å². The number of hydrogen-bond donors (Lipinski definition) is 1. The lowest BCUT2D eigenvalue weighted by molar-refractivity contribution is -0.139. The maximum Gasteiger partial charge on any atom is 0.242 e. The van der Waals surface area contributed by atoms with Crippen LogP contribution in [0.1, 0.15) is 11.1 Å². The molecular weight excluding hydrogens is 472 g/mol. The molecule has 0 fully saturated rings. The largest absolute Gasteiger partial charge is 0.357 e. The number of hydrogen-bond acceptors (Lipinski definition) is 3. The minimum Gasteiger partial charge on any atom is -0.357 e. The first-order chi connectivity index (χ1) is 15.1. The molecule has 1 atom stereocenters. The van der Waals surface area contributed by atoms with Crippen molar-refractivity contribution in [1.29, 1.82) is 0 Å². The summed E-state index contributed by atoms with van der Waals surface area (Å²) in [5.41, 5.74) is 1.98. The number of thioether (sulfide) groups is 1. The van der Waals surface area contributed by atoms with Crippen LogP contribution in [0.5, 0.6) is 0 Å². The molecule has 0 aliphatic heterocycles. The molecule has 0 radical (unpaired) electrons. The minimum atomic E-state index is -0.602. The fourth-order valence-electron chi connectivity index (χ4n) is 3.30. The molecule has 0 aliphatic carbocycles. The Balaban J connectivity index is 1.87. The smallest absolute Gasteiger partial charge is 0.242 e. The van der Waals surface area contributed by atoms with E-state index in [0.717, 1.165) is 20.5 Å². The summed E-state index contributed by atoms with van der Waals surface area (Å²) in [5.74, 6) is 0.0237. The maximum atomic E-state index is 13.4. The third-order valence-corrected chi connectivity index (χ3v) is 6.35. The van der Waals surface area contributed by atoms with Crippen molar-refractivity contribution in [2.24, 2.45) is 0 Å². The topological polar surface area (TPSA) is 49.4 Å². The first-order valence-electron chi connectivity index (χ1n) is 10.0. The molecule has 0 bridgehead atoms. The molecule has 1 N–H and O–H groups in total. The number of carbonyl (C=O) groups excluding carboxylic acids is 2. The van der Waals surface area contributed by atoms with E-state index in [0.29, 0.717) is 13.0 Å². The first kappa shape index (κ1) is 23.1. The number of nitrogens with zero attached hydrogens (tertiary/aromatic N) is 1. The van der Waals surface area contributed by atoms with Crippen LogP contribution >= 0.6 is 27.7 Å². The van der Waals surface area contributed by atoms with Gasteiger partial charge in [-0.2, -0.15) is 0 Å². The normalized spacial score (nSPS) is 11.5. The molecule has 0 unspecified atom stereocenters. The van der Waals surface area contributed by atoms with Crippen LogP contribution in [0.15, 0.2) is 94.3 Å². The number of benzene rings is 3. The van der Waals surface area contributed by atoms with Crippen LogP contribution in [0.4, 0.5) is 0 Å². The van der Waals surface area contributed by atoms with Crippen LogP contribution in [0, 0.1) is 0 Å². The summed E-state index contributed by atoms with van der Waals surface area (Å²) in [7, 11) is 1.61. The van der Waals surface area contributed by atoms with Crippen molar-refractivity contribution in [2.45, 2.75) is 23.9 Å². The molecule has 3 aromatic rings. The van der Waals surface area contributed by atoms with Crippen molar-refractivity contribution in [3.63, 3.8) is 0 Å². The standard InChI is InChI=1S/C25H25BrN2O2S/c1-27-25(30)23(16-19-9-4-2-5-10-19)28(17-20-11-8-12-21(26)15-20)24(29)18-31-22-13-6-3-7-14-22/h2-15,23H,16-18H2,1H3,(H,27,30)/t23-/m1/s1. The number of halogens is 1. The zero-order valence-corrected chi connectivity index (χ0v) is 19.7. The molecule has 6 heteroatoms. The molecule has 4 nitrogen and oxygen atoms in total. The number of amides is 2. The maximum absolute atomic E-state index is 13.4. The monoisotopic (exact) mass is 496 g/mol. The Hall–Kier alpha value is -2.57. The molecule has 0 heterocycles. The summed E-state index contributed by atoms with van der Waals surface area (Å²) in [6, 6.07) is 26.9. The fraction of sp³-hybridized carbons (Fsp3) is 0.200. The highest BCUT2D eigenvalue weighted by atomic mass is 79.9. The molecule has 2 amide bonds. The van der Waals surface area contributed by atoms with E-state index in [2.05, 4.69) is 21.2 Å². The van der Waals surface area contributed by atoms with Gasteiger partial charge in [-0.05, 0) is 35.4 Å². The van der Waals surface area contributed by atoms with E-state index in [9.17, 15) is 9.59 Å². The van der Waals surface area contributed by atoms with Crippen LogP contribution < -0.4 is 5.32 Å². The molecular formula is C25H25BrN2O2S. The van der Waals surface area contributed by atoms with E-state index in [4.69, 9.17) is 0 Å². The van der Waals surface area contributed by atoms with E-state index in [1.807, 2.05) is 84.9 Å². The van der Waals surface area contributed by atoms with Crippen molar-refractivity contribution >= 4 is 39.5 Å². The Kier molecular flexibility index (Phi) is 8.74. The number of carbonyl (C=O) groups is 2. The summed E-state index contributed by atoms with van der Waals surface area (Å²) in [5, 5.41) is 2.74. The summed E-state index contributed by atoms with van der Waals surface area (Å²) in [4.78, 5) is 29.0. The van der Waals surface area contributed by atoms with Crippen molar-refractivity contribution in [1.82, 2.24) is 10.2 Å². The summed E-state index contributed by atoms with van der Waals surface area (Å²) in [6.45, 7) is 0.360. The average molecular weight is 497 g/mol. The first-order valence-corrected chi connectivity index (χ1v) is 11.8. The van der Waals surface area contributed by atoms with Gasteiger partial charge in [0.15, 0.2) is 0 Å². The highest BCUT2D eigenvalue weighted by molar-refractivity contribution is 9.10.